The summed E-state index contributed by atoms with van der Waals surface area (Å²) in [6.07, 6.45) is 3.18. The van der Waals surface area contributed by atoms with Crippen molar-refractivity contribution < 1.29 is 38.0 Å². The van der Waals surface area contributed by atoms with Crippen LogP contribution in [0.25, 0.3) is 0 Å². The van der Waals surface area contributed by atoms with Crippen molar-refractivity contribution in [1.82, 2.24) is 4.90 Å². The minimum Gasteiger partial charge on any atom is -0.493 e. The van der Waals surface area contributed by atoms with Crippen molar-refractivity contribution in [3.05, 3.63) is 59.2 Å². The van der Waals surface area contributed by atoms with Gasteiger partial charge in [-0.2, -0.15) is 0 Å². The molecule has 4 aliphatic heterocycles. The number of piperidine rings is 2. The predicted octanol–water partition coefficient (Wildman–Crippen LogP) is 3.50. The van der Waals surface area contributed by atoms with Crippen molar-refractivity contribution in [3.8, 4) is 17.2 Å². The van der Waals surface area contributed by atoms with Gasteiger partial charge in [0.05, 0.1) is 45.5 Å². The summed E-state index contributed by atoms with van der Waals surface area (Å²) in [5.74, 6) is -0.188. The van der Waals surface area contributed by atoms with Crippen LogP contribution in [-0.4, -0.2) is 76.4 Å². The molecule has 1 unspecified atom stereocenters. The molecule has 10 heteroatoms. The zero-order valence-electron chi connectivity index (χ0n) is 23.8. The summed E-state index contributed by atoms with van der Waals surface area (Å²) in [5, 5.41) is 3.73. The highest BCUT2D eigenvalue weighted by molar-refractivity contribution is 5.92. The van der Waals surface area contributed by atoms with Crippen LogP contribution in [0, 0.1) is 11.3 Å². The number of fused-ring (bicyclic) bond motifs is 4. The second kappa shape index (κ2) is 8.87. The molecule has 1 aliphatic carbocycles. The van der Waals surface area contributed by atoms with Crippen LogP contribution in [-0.2, 0) is 24.4 Å². The Balaban J connectivity index is 1.38. The van der Waals surface area contributed by atoms with Gasteiger partial charge in [-0.05, 0) is 37.1 Å². The second-order valence-electron chi connectivity index (χ2n) is 11.4. The number of anilines is 1. The number of methoxy groups -OCH3 is 4. The highest BCUT2D eigenvalue weighted by Crippen LogP contribution is 2.76. The smallest absolute Gasteiger partial charge is 0.338 e. The van der Waals surface area contributed by atoms with E-state index in [-0.39, 0.29) is 30.4 Å². The maximum Gasteiger partial charge on any atom is 0.338 e. The summed E-state index contributed by atoms with van der Waals surface area (Å²) in [4.78, 5) is 30.5. The fourth-order valence-electron chi connectivity index (χ4n) is 8.76. The lowest BCUT2D eigenvalue weighted by molar-refractivity contribution is -0.191. The summed E-state index contributed by atoms with van der Waals surface area (Å²) in [6.45, 7) is 2.51. The van der Waals surface area contributed by atoms with Gasteiger partial charge in [0.25, 0.3) is 0 Å². The van der Waals surface area contributed by atoms with Gasteiger partial charge in [-0.3, -0.25) is 9.69 Å². The van der Waals surface area contributed by atoms with Crippen LogP contribution in [0.5, 0.6) is 17.2 Å². The van der Waals surface area contributed by atoms with Crippen molar-refractivity contribution in [3.63, 3.8) is 0 Å². The first-order valence-corrected chi connectivity index (χ1v) is 13.9. The molecule has 5 aliphatic rings. The van der Waals surface area contributed by atoms with Crippen LogP contribution in [0.4, 0.5) is 5.69 Å². The average Bonchev–Trinajstić information content (AvgIpc) is 3.62. The quantitative estimate of drug-likeness (QED) is 0.398. The minimum atomic E-state index is -1.24. The standard InChI is InChI=1S/C31H34N2O8/c1-6-17-15-33-24-13-20(17)29(28(35)39-5,16-40-27(34)18-11-22(36-2)26(38-4)23(12-18)37-3)30-14-25(33)41-31(24,30)32-21-10-8-7-9-19(21)30/h6-12,20,24-25,32H,13-16H2,1-5H3/b17-6-/t20-,24-,25-,29?,30-,31-/m0/s1. The second-order valence-corrected chi connectivity index (χ2v) is 11.4. The highest BCUT2D eigenvalue weighted by Gasteiger charge is 2.87. The molecule has 2 aromatic rings. The van der Waals surface area contributed by atoms with E-state index in [4.69, 9.17) is 28.4 Å². The van der Waals surface area contributed by atoms with Crippen LogP contribution in [0.2, 0.25) is 0 Å². The van der Waals surface area contributed by atoms with Crippen LogP contribution in [0.15, 0.2) is 48.0 Å². The van der Waals surface area contributed by atoms with Crippen molar-refractivity contribution in [2.24, 2.45) is 11.3 Å². The Labute approximate surface area is 238 Å². The monoisotopic (exact) mass is 562 g/mol. The first-order chi connectivity index (χ1) is 19.8. The lowest BCUT2D eigenvalue weighted by Gasteiger charge is -2.64. The Hall–Kier alpha value is -3.76. The molecule has 7 rings (SSSR count). The molecule has 2 aromatic carbocycles. The summed E-state index contributed by atoms with van der Waals surface area (Å²) in [7, 11) is 5.88. The van der Waals surface area contributed by atoms with Gasteiger partial charge in [-0.1, -0.05) is 29.8 Å². The number of hydrogen-bond donors (Lipinski definition) is 1. The van der Waals surface area contributed by atoms with Crippen LogP contribution in [0.3, 0.4) is 0 Å². The summed E-state index contributed by atoms with van der Waals surface area (Å²) < 4.78 is 35.0. The summed E-state index contributed by atoms with van der Waals surface area (Å²) in [6, 6.07) is 11.2. The number of carbonyl (C=O) groups is 2. The van der Waals surface area contributed by atoms with Crippen molar-refractivity contribution >= 4 is 17.6 Å². The summed E-state index contributed by atoms with van der Waals surface area (Å²) >= 11 is 0. The number of benzene rings is 2. The van der Waals surface area contributed by atoms with Gasteiger partial charge >= 0.3 is 11.9 Å². The lowest BCUT2D eigenvalue weighted by atomic mass is 9.42. The molecule has 0 radical (unpaired) electrons. The van der Waals surface area contributed by atoms with Crippen LogP contribution >= 0.6 is 0 Å². The molecule has 1 spiro atoms. The van der Waals surface area contributed by atoms with Crippen molar-refractivity contribution in [1.29, 1.82) is 0 Å². The molecule has 10 nitrogen and oxygen atoms in total. The molecule has 4 heterocycles. The first kappa shape index (κ1) is 26.2. The molecule has 4 fully saturated rings. The number of ether oxygens (including phenoxy) is 6. The number of para-hydroxylation sites is 1. The molecule has 0 amide bonds. The number of esters is 2. The Morgan fingerprint density at radius 2 is 1.83 bits per heavy atom. The van der Waals surface area contributed by atoms with Gasteiger partial charge in [0, 0.05) is 24.6 Å². The number of nitrogens with zero attached hydrogens (tertiary/aromatic N) is 1. The third-order valence-corrected chi connectivity index (χ3v) is 10.3. The number of allylic oxidation sites excluding steroid dienone is 1. The normalized spacial score (nSPS) is 34.6. The number of hydrogen-bond acceptors (Lipinski definition) is 10. The molecular formula is C31H34N2O8. The molecule has 41 heavy (non-hydrogen) atoms. The van der Waals surface area contributed by atoms with E-state index in [1.165, 1.54) is 28.4 Å². The Morgan fingerprint density at radius 1 is 1.10 bits per heavy atom. The molecule has 0 aromatic heterocycles. The van der Waals surface area contributed by atoms with E-state index in [0.717, 1.165) is 16.8 Å². The number of carbonyl (C=O) groups excluding carboxylic acids is 2. The van der Waals surface area contributed by atoms with Gasteiger partial charge < -0.3 is 33.7 Å². The maximum atomic E-state index is 14.4. The highest BCUT2D eigenvalue weighted by atomic mass is 16.6. The van der Waals surface area contributed by atoms with Crippen molar-refractivity contribution in [2.75, 3.05) is 46.9 Å². The SMILES string of the molecule is C/C=C1/CN2[C@@H]3C[C@@]45c6ccccc6N[C@]4(O3)[C@@H]2C[C@@H]1C5(COC(=O)c1cc(OC)c(OC)c(OC)c1)C(=O)OC. The number of rotatable bonds is 7. The fourth-order valence-corrected chi connectivity index (χ4v) is 8.76. The Kier molecular flexibility index (Phi) is 5.66. The van der Waals surface area contributed by atoms with E-state index < -0.39 is 28.5 Å². The molecule has 216 valence electrons. The van der Waals surface area contributed by atoms with Gasteiger partial charge in [-0.25, -0.2) is 4.79 Å². The molecule has 3 saturated heterocycles. The van der Waals surface area contributed by atoms with E-state index >= 15 is 0 Å². The van der Waals surface area contributed by atoms with E-state index in [1.54, 1.807) is 12.1 Å². The largest absolute Gasteiger partial charge is 0.493 e. The third kappa shape index (κ3) is 2.94. The fraction of sp³-hybridized carbons (Fsp3) is 0.484. The van der Waals surface area contributed by atoms with E-state index in [0.29, 0.717) is 36.6 Å². The van der Waals surface area contributed by atoms with Crippen molar-refractivity contribution in [2.45, 2.75) is 43.2 Å². The van der Waals surface area contributed by atoms with Crippen LogP contribution in [0.1, 0.15) is 35.7 Å². The van der Waals surface area contributed by atoms with E-state index in [2.05, 4.69) is 22.4 Å². The molecule has 1 saturated carbocycles. The Bertz CT molecular complexity index is 1470. The van der Waals surface area contributed by atoms with Crippen LogP contribution < -0.4 is 19.5 Å². The van der Waals surface area contributed by atoms with Gasteiger partial charge in [-0.15, -0.1) is 0 Å². The molecule has 1 N–H and O–H groups in total. The van der Waals surface area contributed by atoms with Gasteiger partial charge in [0.1, 0.15) is 18.2 Å². The van der Waals surface area contributed by atoms with Gasteiger partial charge in [0.2, 0.25) is 5.75 Å². The lowest BCUT2D eigenvalue weighted by Crippen LogP contribution is -2.78. The summed E-state index contributed by atoms with van der Waals surface area (Å²) in [5.41, 5.74) is 0.387. The first-order valence-electron chi connectivity index (χ1n) is 13.9. The Morgan fingerprint density at radius 3 is 2.49 bits per heavy atom. The predicted molar refractivity (Wildman–Crippen MR) is 147 cm³/mol. The average molecular weight is 563 g/mol. The maximum absolute atomic E-state index is 14.4. The van der Waals surface area contributed by atoms with E-state index in [1.807, 2.05) is 25.1 Å². The zero-order valence-corrected chi connectivity index (χ0v) is 23.8. The molecular weight excluding hydrogens is 528 g/mol. The minimum absolute atomic E-state index is 0.0611. The number of nitrogens with one attached hydrogen (secondary N) is 1. The zero-order chi connectivity index (χ0) is 28.7. The molecule has 4 bridgehead atoms. The van der Waals surface area contributed by atoms with E-state index in [9.17, 15) is 9.59 Å². The topological polar surface area (TPSA) is 105 Å². The molecule has 6 atom stereocenters. The van der Waals surface area contributed by atoms with Gasteiger partial charge in [0.15, 0.2) is 17.2 Å². The third-order valence-electron chi connectivity index (χ3n) is 10.3.